The molecule has 0 amide bonds. The Balaban J connectivity index is 2.56. The maximum absolute atomic E-state index is 3.57. The van der Waals surface area contributed by atoms with E-state index < -0.39 is 0 Å². The van der Waals surface area contributed by atoms with Crippen molar-refractivity contribution in [2.75, 3.05) is 7.05 Å². The van der Waals surface area contributed by atoms with Crippen LogP contribution in [0.1, 0.15) is 33.9 Å². The second kappa shape index (κ2) is 5.89. The second-order valence-corrected chi connectivity index (χ2v) is 5.93. The molecule has 0 saturated carbocycles. The molecule has 19 heavy (non-hydrogen) atoms. The topological polar surface area (TPSA) is 12.0 Å². The highest BCUT2D eigenvalue weighted by Gasteiger charge is 2.17. The summed E-state index contributed by atoms with van der Waals surface area (Å²) in [6.45, 7) is 6.53. The Labute approximate surface area is 124 Å². The molecule has 0 aromatic heterocycles. The van der Waals surface area contributed by atoms with Crippen LogP contribution in [0.3, 0.4) is 0 Å². The lowest BCUT2D eigenvalue weighted by Gasteiger charge is -2.22. The molecule has 0 bridgehead atoms. The first-order valence-corrected chi connectivity index (χ1v) is 7.33. The predicted molar refractivity (Wildman–Crippen MR) is 85.7 cm³/mol. The minimum absolute atomic E-state index is 0.234. The van der Waals surface area contributed by atoms with E-state index in [1.165, 1.54) is 27.8 Å². The predicted octanol–water partition coefficient (Wildman–Crippen LogP) is 4.68. The second-order valence-electron chi connectivity index (χ2n) is 5.01. The lowest BCUT2D eigenvalue weighted by Crippen LogP contribution is -2.20. The van der Waals surface area contributed by atoms with Gasteiger partial charge in [-0.1, -0.05) is 40.2 Å². The van der Waals surface area contributed by atoms with Crippen molar-refractivity contribution in [3.05, 3.63) is 68.7 Å². The van der Waals surface area contributed by atoms with Crippen molar-refractivity contribution in [1.29, 1.82) is 0 Å². The van der Waals surface area contributed by atoms with Crippen molar-refractivity contribution in [3.8, 4) is 0 Å². The third-order valence-corrected chi connectivity index (χ3v) is 4.29. The summed E-state index contributed by atoms with van der Waals surface area (Å²) in [4.78, 5) is 0. The van der Waals surface area contributed by atoms with Gasteiger partial charge in [-0.2, -0.15) is 0 Å². The van der Waals surface area contributed by atoms with E-state index in [2.05, 4.69) is 78.4 Å². The van der Waals surface area contributed by atoms with Crippen LogP contribution in [0, 0.1) is 20.8 Å². The SMILES string of the molecule is CNC(c1cc(Br)ccc1C)c1cccc(C)c1C. The first-order valence-electron chi connectivity index (χ1n) is 6.54. The maximum Gasteiger partial charge on any atom is 0.0579 e. The summed E-state index contributed by atoms with van der Waals surface area (Å²) in [6, 6.07) is 13.2. The molecule has 0 saturated heterocycles. The van der Waals surface area contributed by atoms with Crippen molar-refractivity contribution < 1.29 is 0 Å². The highest BCUT2D eigenvalue weighted by molar-refractivity contribution is 9.10. The number of rotatable bonds is 3. The molecule has 0 radical (unpaired) electrons. The minimum Gasteiger partial charge on any atom is -0.309 e. The molecule has 1 unspecified atom stereocenters. The van der Waals surface area contributed by atoms with Gasteiger partial charge in [-0.05, 0) is 67.8 Å². The van der Waals surface area contributed by atoms with Crippen LogP contribution in [0.25, 0.3) is 0 Å². The number of halogens is 1. The van der Waals surface area contributed by atoms with Crippen LogP contribution in [0.15, 0.2) is 40.9 Å². The van der Waals surface area contributed by atoms with Gasteiger partial charge >= 0.3 is 0 Å². The Bertz CT molecular complexity index is 588. The van der Waals surface area contributed by atoms with Gasteiger partial charge < -0.3 is 5.32 Å². The molecule has 0 fully saturated rings. The quantitative estimate of drug-likeness (QED) is 0.866. The van der Waals surface area contributed by atoms with Crippen LogP contribution in [0.5, 0.6) is 0 Å². The summed E-state index contributed by atoms with van der Waals surface area (Å²) >= 11 is 3.57. The van der Waals surface area contributed by atoms with Crippen molar-refractivity contribution in [2.24, 2.45) is 0 Å². The summed E-state index contributed by atoms with van der Waals surface area (Å²) in [5.74, 6) is 0. The molecule has 2 heteroatoms. The van der Waals surface area contributed by atoms with Crippen molar-refractivity contribution in [2.45, 2.75) is 26.8 Å². The summed E-state index contributed by atoms with van der Waals surface area (Å²) < 4.78 is 1.12. The van der Waals surface area contributed by atoms with Gasteiger partial charge in [0.2, 0.25) is 0 Å². The molecule has 1 nitrogen and oxygen atoms in total. The molecular formula is C17H20BrN. The van der Waals surface area contributed by atoms with Gasteiger partial charge in [-0.3, -0.25) is 0 Å². The van der Waals surface area contributed by atoms with Gasteiger partial charge in [0.15, 0.2) is 0 Å². The third-order valence-electron chi connectivity index (χ3n) is 3.80. The van der Waals surface area contributed by atoms with Gasteiger partial charge in [0.05, 0.1) is 6.04 Å². The molecule has 2 aromatic rings. The zero-order chi connectivity index (χ0) is 14.0. The molecule has 0 aliphatic rings. The van der Waals surface area contributed by atoms with Gasteiger partial charge in [-0.25, -0.2) is 0 Å². The maximum atomic E-state index is 3.57. The fraction of sp³-hybridized carbons (Fsp3) is 0.294. The standard InChI is InChI=1S/C17H20BrN/c1-11-6-5-7-15(13(11)3)17(19-4)16-10-14(18)9-8-12(16)2/h5-10,17,19H,1-4H3. The molecule has 2 aromatic carbocycles. The molecule has 0 heterocycles. The zero-order valence-corrected chi connectivity index (χ0v) is 13.5. The fourth-order valence-corrected chi connectivity index (χ4v) is 2.87. The van der Waals surface area contributed by atoms with Crippen LogP contribution in [-0.4, -0.2) is 7.05 Å². The Hall–Kier alpha value is -1.12. The third kappa shape index (κ3) is 2.90. The Morgan fingerprint density at radius 1 is 0.947 bits per heavy atom. The van der Waals surface area contributed by atoms with Crippen LogP contribution >= 0.6 is 15.9 Å². The van der Waals surface area contributed by atoms with Crippen LogP contribution in [0.4, 0.5) is 0 Å². The largest absolute Gasteiger partial charge is 0.309 e. The summed E-state index contributed by atoms with van der Waals surface area (Å²) in [5.41, 5.74) is 6.68. The van der Waals surface area contributed by atoms with E-state index in [9.17, 15) is 0 Å². The molecular weight excluding hydrogens is 298 g/mol. The average molecular weight is 318 g/mol. The van der Waals surface area contributed by atoms with Gasteiger partial charge in [0, 0.05) is 4.47 Å². The van der Waals surface area contributed by atoms with E-state index in [0.717, 1.165) is 4.47 Å². The summed E-state index contributed by atoms with van der Waals surface area (Å²) in [6.07, 6.45) is 0. The first-order chi connectivity index (χ1) is 9.04. The van der Waals surface area contributed by atoms with Gasteiger partial charge in [0.1, 0.15) is 0 Å². The number of hydrogen-bond donors (Lipinski definition) is 1. The number of aryl methyl sites for hydroxylation is 2. The lowest BCUT2D eigenvalue weighted by molar-refractivity contribution is 0.682. The Morgan fingerprint density at radius 2 is 1.68 bits per heavy atom. The van der Waals surface area contributed by atoms with Crippen molar-refractivity contribution in [3.63, 3.8) is 0 Å². The minimum atomic E-state index is 0.234. The highest BCUT2D eigenvalue weighted by atomic mass is 79.9. The van der Waals surface area contributed by atoms with Crippen LogP contribution in [-0.2, 0) is 0 Å². The molecule has 1 atom stereocenters. The van der Waals surface area contributed by atoms with E-state index in [1.807, 2.05) is 7.05 Å². The Morgan fingerprint density at radius 3 is 2.37 bits per heavy atom. The monoisotopic (exact) mass is 317 g/mol. The summed E-state index contributed by atoms with van der Waals surface area (Å²) in [7, 11) is 2.02. The number of benzene rings is 2. The molecule has 0 aliphatic carbocycles. The summed E-state index contributed by atoms with van der Waals surface area (Å²) in [5, 5.41) is 3.45. The fourth-order valence-electron chi connectivity index (χ4n) is 2.49. The van der Waals surface area contributed by atoms with E-state index in [4.69, 9.17) is 0 Å². The van der Waals surface area contributed by atoms with Crippen LogP contribution < -0.4 is 5.32 Å². The van der Waals surface area contributed by atoms with Crippen LogP contribution in [0.2, 0.25) is 0 Å². The highest BCUT2D eigenvalue weighted by Crippen LogP contribution is 2.30. The van der Waals surface area contributed by atoms with Crippen molar-refractivity contribution >= 4 is 15.9 Å². The first kappa shape index (κ1) is 14.3. The number of hydrogen-bond acceptors (Lipinski definition) is 1. The number of nitrogens with one attached hydrogen (secondary N) is 1. The van der Waals surface area contributed by atoms with E-state index in [-0.39, 0.29) is 6.04 Å². The zero-order valence-electron chi connectivity index (χ0n) is 11.9. The molecule has 2 rings (SSSR count). The van der Waals surface area contributed by atoms with E-state index in [0.29, 0.717) is 0 Å². The normalized spacial score (nSPS) is 12.5. The average Bonchev–Trinajstić information content (AvgIpc) is 2.39. The van der Waals surface area contributed by atoms with Gasteiger partial charge in [-0.15, -0.1) is 0 Å². The molecule has 100 valence electrons. The molecule has 0 spiro atoms. The van der Waals surface area contributed by atoms with E-state index >= 15 is 0 Å². The van der Waals surface area contributed by atoms with Gasteiger partial charge in [0.25, 0.3) is 0 Å². The molecule has 0 aliphatic heterocycles. The smallest absolute Gasteiger partial charge is 0.0579 e. The Kier molecular flexibility index (Phi) is 4.43. The molecule has 1 N–H and O–H groups in total. The van der Waals surface area contributed by atoms with E-state index in [1.54, 1.807) is 0 Å². The lowest BCUT2D eigenvalue weighted by atomic mass is 9.90. The van der Waals surface area contributed by atoms with Crippen molar-refractivity contribution in [1.82, 2.24) is 5.32 Å².